The molecule has 0 heterocycles. The predicted octanol–water partition coefficient (Wildman–Crippen LogP) is 2.28. The van der Waals surface area contributed by atoms with Crippen LogP contribution in [0.1, 0.15) is 10.4 Å². The van der Waals surface area contributed by atoms with Crippen LogP contribution in [0.5, 0.6) is 0 Å². The maximum atomic E-state index is 13.5. The van der Waals surface area contributed by atoms with Gasteiger partial charge in [-0.3, -0.25) is 4.79 Å². The Kier molecular flexibility index (Phi) is 4.98. The fourth-order valence-electron chi connectivity index (χ4n) is 1.31. The molecular formula is C12H10F2INO3. The molecule has 0 unspecified atom stereocenters. The van der Waals surface area contributed by atoms with Crippen LogP contribution in [0, 0.1) is 15.2 Å². The van der Waals surface area contributed by atoms with Crippen LogP contribution >= 0.6 is 22.6 Å². The topological polar surface area (TPSA) is 57.6 Å². The fourth-order valence-corrected chi connectivity index (χ4v) is 1.78. The third-order valence-electron chi connectivity index (χ3n) is 2.12. The van der Waals surface area contributed by atoms with Crippen LogP contribution in [-0.2, 0) is 4.79 Å². The van der Waals surface area contributed by atoms with Crippen molar-refractivity contribution in [3.63, 3.8) is 0 Å². The van der Waals surface area contributed by atoms with Crippen LogP contribution in [0.25, 0.3) is 0 Å². The number of aliphatic carboxylic acids is 1. The standard InChI is InChI=1S/C12H10F2INO3/c1-16(2)5-7(12(18)19)11(17)6-3-10(15)9(14)4-8(6)13/h3-5H,1-2H3,(H,18,19). The van der Waals surface area contributed by atoms with Crippen molar-refractivity contribution >= 4 is 34.3 Å². The van der Waals surface area contributed by atoms with Gasteiger partial charge < -0.3 is 10.0 Å². The van der Waals surface area contributed by atoms with E-state index >= 15 is 0 Å². The second-order valence-electron chi connectivity index (χ2n) is 3.89. The van der Waals surface area contributed by atoms with E-state index in [1.54, 1.807) is 22.6 Å². The second kappa shape index (κ2) is 6.09. The van der Waals surface area contributed by atoms with Crippen molar-refractivity contribution < 1.29 is 23.5 Å². The van der Waals surface area contributed by atoms with E-state index in [4.69, 9.17) is 5.11 Å². The molecule has 0 radical (unpaired) electrons. The number of hydrogen-bond donors (Lipinski definition) is 1. The van der Waals surface area contributed by atoms with Crippen LogP contribution in [0.2, 0.25) is 0 Å². The number of carboxylic acids is 1. The molecule has 1 rings (SSSR count). The van der Waals surface area contributed by atoms with Gasteiger partial charge in [-0.25, -0.2) is 13.6 Å². The van der Waals surface area contributed by atoms with E-state index in [-0.39, 0.29) is 3.57 Å². The molecule has 19 heavy (non-hydrogen) atoms. The van der Waals surface area contributed by atoms with Crippen LogP contribution in [0.4, 0.5) is 8.78 Å². The van der Waals surface area contributed by atoms with Crippen LogP contribution in [0.15, 0.2) is 23.9 Å². The number of hydrogen-bond acceptors (Lipinski definition) is 3. The second-order valence-corrected chi connectivity index (χ2v) is 5.05. The predicted molar refractivity (Wildman–Crippen MR) is 72.8 cm³/mol. The molecular weight excluding hydrogens is 371 g/mol. The summed E-state index contributed by atoms with van der Waals surface area (Å²) >= 11 is 1.60. The highest BCUT2D eigenvalue weighted by atomic mass is 127. The number of ketones is 1. The zero-order valence-corrected chi connectivity index (χ0v) is 12.2. The minimum Gasteiger partial charge on any atom is -0.477 e. The molecule has 0 atom stereocenters. The molecule has 0 aliphatic rings. The van der Waals surface area contributed by atoms with Gasteiger partial charge in [0.25, 0.3) is 0 Å². The summed E-state index contributed by atoms with van der Waals surface area (Å²) in [5.74, 6) is -4.37. The van der Waals surface area contributed by atoms with Gasteiger partial charge in [0.05, 0.1) is 5.56 Å². The van der Waals surface area contributed by atoms with Crippen molar-refractivity contribution in [3.05, 3.63) is 44.7 Å². The van der Waals surface area contributed by atoms with Gasteiger partial charge in [0.2, 0.25) is 5.78 Å². The third-order valence-corrected chi connectivity index (χ3v) is 2.94. The Labute approximate surface area is 121 Å². The van der Waals surface area contributed by atoms with E-state index in [2.05, 4.69) is 0 Å². The van der Waals surface area contributed by atoms with Gasteiger partial charge in [0, 0.05) is 29.9 Å². The molecule has 0 aliphatic carbocycles. The molecule has 102 valence electrons. The van der Waals surface area contributed by atoms with Crippen LogP contribution in [0.3, 0.4) is 0 Å². The maximum absolute atomic E-state index is 13.5. The summed E-state index contributed by atoms with van der Waals surface area (Å²) < 4.78 is 26.7. The maximum Gasteiger partial charge on any atom is 0.341 e. The summed E-state index contributed by atoms with van der Waals surface area (Å²) in [7, 11) is 3.06. The van der Waals surface area contributed by atoms with E-state index in [1.807, 2.05) is 0 Å². The number of carboxylic acid groups (broad SMARTS) is 1. The molecule has 0 saturated carbocycles. The molecule has 1 N–H and O–H groups in total. The van der Waals surface area contributed by atoms with Crippen molar-refractivity contribution in [2.45, 2.75) is 0 Å². The average Bonchev–Trinajstić information content (AvgIpc) is 2.29. The summed E-state index contributed by atoms with van der Waals surface area (Å²) in [5, 5.41) is 8.95. The number of Topliss-reactive ketones (excluding diaryl/α,β-unsaturated/α-hetero) is 1. The van der Waals surface area contributed by atoms with Gasteiger partial charge in [-0.1, -0.05) is 0 Å². The Balaban J connectivity index is 3.33. The number of carbonyl (C=O) groups is 2. The minimum absolute atomic E-state index is 0.0388. The van der Waals surface area contributed by atoms with Crippen molar-refractivity contribution in [1.29, 1.82) is 0 Å². The molecule has 0 aliphatic heterocycles. The largest absolute Gasteiger partial charge is 0.477 e. The lowest BCUT2D eigenvalue weighted by molar-refractivity contribution is -0.132. The van der Waals surface area contributed by atoms with E-state index in [9.17, 15) is 18.4 Å². The van der Waals surface area contributed by atoms with E-state index in [0.717, 1.165) is 12.3 Å². The highest BCUT2D eigenvalue weighted by Crippen LogP contribution is 2.19. The summed E-state index contributed by atoms with van der Waals surface area (Å²) in [5.41, 5.74) is -1.06. The third kappa shape index (κ3) is 3.72. The Morgan fingerprint density at radius 3 is 2.32 bits per heavy atom. The van der Waals surface area contributed by atoms with Gasteiger partial charge in [-0.05, 0) is 28.7 Å². The highest BCUT2D eigenvalue weighted by molar-refractivity contribution is 14.1. The lowest BCUT2D eigenvalue weighted by Gasteiger charge is -2.09. The molecule has 0 aromatic heterocycles. The van der Waals surface area contributed by atoms with Gasteiger partial charge in [0.1, 0.15) is 17.2 Å². The lowest BCUT2D eigenvalue weighted by atomic mass is 10.0. The first-order valence-electron chi connectivity index (χ1n) is 5.04. The zero-order chi connectivity index (χ0) is 14.7. The molecule has 0 fully saturated rings. The molecule has 7 heteroatoms. The first-order valence-corrected chi connectivity index (χ1v) is 6.12. The SMILES string of the molecule is CN(C)C=C(C(=O)O)C(=O)c1cc(I)c(F)cc1F. The van der Waals surface area contributed by atoms with Gasteiger partial charge in [-0.2, -0.15) is 0 Å². The summed E-state index contributed by atoms with van der Waals surface area (Å²) in [4.78, 5) is 24.3. The average molecular weight is 381 g/mol. The smallest absolute Gasteiger partial charge is 0.341 e. The Bertz CT molecular complexity index is 570. The quantitative estimate of drug-likeness (QED) is 0.217. The fraction of sp³-hybridized carbons (Fsp3) is 0.167. The summed E-state index contributed by atoms with van der Waals surface area (Å²) in [6.45, 7) is 0. The molecule has 0 bridgehead atoms. The highest BCUT2D eigenvalue weighted by Gasteiger charge is 2.23. The van der Waals surface area contributed by atoms with Crippen molar-refractivity contribution in [3.8, 4) is 0 Å². The molecule has 1 aromatic rings. The van der Waals surface area contributed by atoms with Gasteiger partial charge >= 0.3 is 5.97 Å². The number of benzene rings is 1. The molecule has 0 spiro atoms. The Morgan fingerprint density at radius 1 is 1.26 bits per heavy atom. The van der Waals surface area contributed by atoms with Crippen LogP contribution in [-0.4, -0.2) is 35.9 Å². The van der Waals surface area contributed by atoms with Crippen molar-refractivity contribution in [1.82, 2.24) is 4.90 Å². The first kappa shape index (κ1) is 15.5. The number of halogens is 3. The Hall–Kier alpha value is -1.51. The minimum atomic E-state index is -1.47. The van der Waals surface area contributed by atoms with Crippen molar-refractivity contribution in [2.24, 2.45) is 0 Å². The molecule has 0 saturated heterocycles. The number of carbonyl (C=O) groups excluding carboxylic acids is 1. The van der Waals surface area contributed by atoms with E-state index in [0.29, 0.717) is 6.07 Å². The number of rotatable bonds is 4. The van der Waals surface area contributed by atoms with Crippen molar-refractivity contribution in [2.75, 3.05) is 14.1 Å². The molecule has 0 amide bonds. The molecule has 4 nitrogen and oxygen atoms in total. The Morgan fingerprint density at radius 2 is 1.84 bits per heavy atom. The monoisotopic (exact) mass is 381 g/mol. The van der Waals surface area contributed by atoms with Gasteiger partial charge in [0.15, 0.2) is 0 Å². The summed E-state index contributed by atoms with van der Waals surface area (Å²) in [6.07, 6.45) is 1.07. The normalized spacial score (nSPS) is 11.3. The lowest BCUT2D eigenvalue weighted by Crippen LogP contribution is -2.18. The van der Waals surface area contributed by atoms with E-state index in [1.165, 1.54) is 19.0 Å². The summed E-state index contributed by atoms with van der Waals surface area (Å²) in [6, 6.07) is 1.55. The number of nitrogens with zero attached hydrogens (tertiary/aromatic N) is 1. The van der Waals surface area contributed by atoms with Gasteiger partial charge in [-0.15, -0.1) is 0 Å². The first-order chi connectivity index (χ1) is 8.73. The van der Waals surface area contributed by atoms with Crippen LogP contribution < -0.4 is 0 Å². The molecule has 1 aromatic carbocycles. The van der Waals surface area contributed by atoms with E-state index < -0.39 is 34.5 Å². The zero-order valence-electron chi connectivity index (χ0n) is 10.1.